The fraction of sp³-hybridized carbons (Fsp3) is 0.419. The van der Waals surface area contributed by atoms with Gasteiger partial charge in [-0.1, -0.05) is 86.6 Å². The van der Waals surface area contributed by atoms with Gasteiger partial charge in [0.15, 0.2) is 0 Å². The molecule has 0 saturated heterocycles. The molecule has 1 aromatic heterocycles. The molecule has 0 aliphatic carbocycles. The maximum absolute atomic E-state index is 6.53. The van der Waals surface area contributed by atoms with E-state index in [1.54, 1.807) is 0 Å². The number of nitrogens with two attached hydrogens (primary N) is 1. The van der Waals surface area contributed by atoms with Gasteiger partial charge in [0.05, 0.1) is 11.0 Å². The first-order valence-corrected chi connectivity index (χ1v) is 12.1. The van der Waals surface area contributed by atoms with Gasteiger partial charge < -0.3 is 10.3 Å². The molecule has 0 fully saturated rings. The summed E-state index contributed by atoms with van der Waals surface area (Å²) in [6.45, 7) is 20.3. The number of benzene rings is 3. The van der Waals surface area contributed by atoms with Crippen molar-refractivity contribution in [1.82, 2.24) is 4.57 Å². The molecule has 2 N–H and O–H groups in total. The third kappa shape index (κ3) is 4.34. The van der Waals surface area contributed by atoms with Crippen LogP contribution in [0.15, 0.2) is 60.7 Å². The van der Waals surface area contributed by atoms with E-state index in [-0.39, 0.29) is 22.3 Å². The third-order valence-electron chi connectivity index (χ3n) is 6.94. The molecule has 1 unspecified atom stereocenters. The SMILES string of the molecule is CC(C)(C)c1ccc2c(c1)c1cc(C(C)(C)C)ccc1n2-c1ccc(C(N)C(C)(C)C)cc1. The maximum atomic E-state index is 6.53. The zero-order valence-corrected chi connectivity index (χ0v) is 21.9. The van der Waals surface area contributed by atoms with Crippen molar-refractivity contribution in [2.45, 2.75) is 79.2 Å². The largest absolute Gasteiger partial charge is 0.324 e. The molecule has 1 heterocycles. The highest BCUT2D eigenvalue weighted by Gasteiger charge is 2.23. The molecule has 0 aliphatic heterocycles. The number of aromatic nitrogens is 1. The fourth-order valence-corrected chi connectivity index (χ4v) is 4.57. The van der Waals surface area contributed by atoms with Crippen LogP contribution in [0.5, 0.6) is 0 Å². The van der Waals surface area contributed by atoms with Crippen LogP contribution in [0.3, 0.4) is 0 Å². The van der Waals surface area contributed by atoms with Crippen molar-refractivity contribution >= 4 is 21.8 Å². The molecule has 0 bridgehead atoms. The minimum Gasteiger partial charge on any atom is -0.324 e. The Morgan fingerprint density at radius 2 is 1.03 bits per heavy atom. The average molecular weight is 441 g/mol. The van der Waals surface area contributed by atoms with Gasteiger partial charge in [0.1, 0.15) is 0 Å². The Morgan fingerprint density at radius 1 is 0.606 bits per heavy atom. The van der Waals surface area contributed by atoms with Crippen molar-refractivity contribution in [3.05, 3.63) is 77.4 Å². The van der Waals surface area contributed by atoms with Crippen LogP contribution in [0.4, 0.5) is 0 Å². The van der Waals surface area contributed by atoms with Crippen LogP contribution < -0.4 is 5.73 Å². The van der Waals surface area contributed by atoms with Crippen LogP contribution in [-0.4, -0.2) is 4.57 Å². The molecule has 2 heteroatoms. The third-order valence-corrected chi connectivity index (χ3v) is 6.94. The Bertz CT molecular complexity index is 1230. The van der Waals surface area contributed by atoms with Crippen molar-refractivity contribution < 1.29 is 0 Å². The Kier molecular flexibility index (Phi) is 5.53. The summed E-state index contributed by atoms with van der Waals surface area (Å²) in [5, 5.41) is 2.64. The van der Waals surface area contributed by atoms with Gasteiger partial charge in [0.25, 0.3) is 0 Å². The smallest absolute Gasteiger partial charge is 0.0541 e. The van der Waals surface area contributed by atoms with Gasteiger partial charge in [0, 0.05) is 22.5 Å². The molecule has 0 saturated carbocycles. The molecule has 1 atom stereocenters. The number of fused-ring (bicyclic) bond motifs is 3. The fourth-order valence-electron chi connectivity index (χ4n) is 4.57. The predicted octanol–water partition coefficient (Wildman–Crippen LogP) is 8.42. The number of nitrogens with zero attached hydrogens (tertiary/aromatic N) is 1. The van der Waals surface area contributed by atoms with Crippen molar-refractivity contribution in [3.8, 4) is 5.69 Å². The minimum atomic E-state index is 0.00777. The summed E-state index contributed by atoms with van der Waals surface area (Å²) in [6.07, 6.45) is 0. The summed E-state index contributed by atoms with van der Waals surface area (Å²) < 4.78 is 2.40. The van der Waals surface area contributed by atoms with Crippen molar-refractivity contribution in [2.75, 3.05) is 0 Å². The van der Waals surface area contributed by atoms with E-state index in [4.69, 9.17) is 5.73 Å². The van der Waals surface area contributed by atoms with E-state index in [1.807, 2.05) is 0 Å². The van der Waals surface area contributed by atoms with E-state index in [0.717, 1.165) is 0 Å². The molecule has 33 heavy (non-hydrogen) atoms. The van der Waals surface area contributed by atoms with E-state index in [2.05, 4.69) is 128 Å². The number of hydrogen-bond donors (Lipinski definition) is 1. The van der Waals surface area contributed by atoms with Gasteiger partial charge in [-0.2, -0.15) is 0 Å². The molecule has 0 radical (unpaired) electrons. The molecule has 174 valence electrons. The van der Waals surface area contributed by atoms with Crippen molar-refractivity contribution in [3.63, 3.8) is 0 Å². The number of hydrogen-bond acceptors (Lipinski definition) is 1. The first kappa shape index (κ1) is 23.6. The quantitative estimate of drug-likeness (QED) is 0.333. The van der Waals surface area contributed by atoms with Crippen LogP contribution in [0.25, 0.3) is 27.5 Å². The first-order valence-electron chi connectivity index (χ1n) is 12.1. The average Bonchev–Trinajstić information content (AvgIpc) is 3.04. The molecular weight excluding hydrogens is 400 g/mol. The lowest BCUT2D eigenvalue weighted by Crippen LogP contribution is -2.26. The minimum absolute atomic E-state index is 0.00777. The zero-order chi connectivity index (χ0) is 24.3. The van der Waals surface area contributed by atoms with Crippen molar-refractivity contribution in [1.29, 1.82) is 0 Å². The molecular formula is C31H40N2. The normalized spacial score (nSPS) is 14.2. The molecule has 0 amide bonds. The lowest BCUT2D eigenvalue weighted by molar-refractivity contribution is 0.327. The lowest BCUT2D eigenvalue weighted by Gasteiger charge is -2.27. The molecule has 0 aliphatic rings. The summed E-state index contributed by atoms with van der Waals surface area (Å²) >= 11 is 0. The summed E-state index contributed by atoms with van der Waals surface area (Å²) in [5.41, 5.74) is 14.3. The Morgan fingerprint density at radius 3 is 1.39 bits per heavy atom. The molecule has 4 rings (SSSR count). The summed E-state index contributed by atoms with van der Waals surface area (Å²) in [7, 11) is 0. The highest BCUT2D eigenvalue weighted by Crippen LogP contribution is 2.38. The molecule has 3 aromatic carbocycles. The predicted molar refractivity (Wildman–Crippen MR) is 145 cm³/mol. The summed E-state index contributed by atoms with van der Waals surface area (Å²) in [6, 6.07) is 22.8. The first-order chi connectivity index (χ1) is 15.2. The van der Waals surface area contributed by atoms with Crippen LogP contribution in [0, 0.1) is 5.41 Å². The summed E-state index contributed by atoms with van der Waals surface area (Å²) in [5.74, 6) is 0. The zero-order valence-electron chi connectivity index (χ0n) is 21.9. The standard InChI is InChI=1S/C31H40N2/c1-29(2,3)21-12-16-26-24(18-21)25-19-22(30(4,5)6)13-17-27(25)33(26)23-14-10-20(11-15-23)28(32)31(7,8)9/h10-19,28H,32H2,1-9H3. The number of rotatable bonds is 2. The van der Waals surface area contributed by atoms with Gasteiger partial charge in [0.2, 0.25) is 0 Å². The summed E-state index contributed by atoms with van der Waals surface area (Å²) in [4.78, 5) is 0. The highest BCUT2D eigenvalue weighted by molar-refractivity contribution is 6.09. The van der Waals surface area contributed by atoms with E-state index >= 15 is 0 Å². The topological polar surface area (TPSA) is 30.9 Å². The molecule has 0 spiro atoms. The van der Waals surface area contributed by atoms with E-state index < -0.39 is 0 Å². The van der Waals surface area contributed by atoms with Crippen LogP contribution >= 0.6 is 0 Å². The van der Waals surface area contributed by atoms with E-state index in [0.29, 0.717) is 0 Å². The Balaban J connectivity index is 1.97. The second kappa shape index (κ2) is 7.74. The van der Waals surface area contributed by atoms with Gasteiger partial charge in [-0.25, -0.2) is 0 Å². The Labute approximate surface area is 199 Å². The molecule has 4 aromatic rings. The van der Waals surface area contributed by atoms with Crippen LogP contribution in [0.1, 0.15) is 85.0 Å². The van der Waals surface area contributed by atoms with Crippen molar-refractivity contribution in [2.24, 2.45) is 11.1 Å². The lowest BCUT2D eigenvalue weighted by atomic mass is 9.83. The maximum Gasteiger partial charge on any atom is 0.0541 e. The van der Waals surface area contributed by atoms with Crippen LogP contribution in [0.2, 0.25) is 0 Å². The molecule has 2 nitrogen and oxygen atoms in total. The monoisotopic (exact) mass is 440 g/mol. The van der Waals surface area contributed by atoms with Gasteiger partial charge in [-0.05, 0) is 69.3 Å². The Hall–Kier alpha value is -2.58. The van der Waals surface area contributed by atoms with Gasteiger partial charge >= 0.3 is 0 Å². The van der Waals surface area contributed by atoms with Crippen LogP contribution in [-0.2, 0) is 10.8 Å². The second-order valence-corrected chi connectivity index (χ2v) is 12.7. The van der Waals surface area contributed by atoms with Gasteiger partial charge in [-0.3, -0.25) is 0 Å². The second-order valence-electron chi connectivity index (χ2n) is 12.7. The highest BCUT2D eigenvalue weighted by atomic mass is 15.0. The van der Waals surface area contributed by atoms with E-state index in [9.17, 15) is 0 Å². The van der Waals surface area contributed by atoms with E-state index in [1.165, 1.54) is 44.2 Å². The van der Waals surface area contributed by atoms with Gasteiger partial charge in [-0.15, -0.1) is 0 Å².